The maximum absolute atomic E-state index is 13.4. The summed E-state index contributed by atoms with van der Waals surface area (Å²) in [5.41, 5.74) is 1.41. The van der Waals surface area contributed by atoms with Crippen molar-refractivity contribution in [2.75, 3.05) is 0 Å². The molecule has 1 aromatic heterocycles. The van der Waals surface area contributed by atoms with Gasteiger partial charge in [0.15, 0.2) is 0 Å². The molecule has 1 aliphatic rings. The van der Waals surface area contributed by atoms with Crippen molar-refractivity contribution < 1.29 is 21.3 Å². The van der Waals surface area contributed by atoms with Crippen LogP contribution in [0.5, 0.6) is 0 Å². The van der Waals surface area contributed by atoms with Gasteiger partial charge in [0.05, 0.1) is 10.1 Å². The van der Waals surface area contributed by atoms with Crippen molar-refractivity contribution in [2.45, 2.75) is 59.3 Å². The molecule has 0 saturated heterocycles. The fourth-order valence-electron chi connectivity index (χ4n) is 3.70. The van der Waals surface area contributed by atoms with Gasteiger partial charge in [-0.3, -0.25) is 0 Å². The molecule has 0 amide bonds. The van der Waals surface area contributed by atoms with E-state index < -0.39 is 35.0 Å². The largest absolute Gasteiger partial charge is 0.423 e. The lowest BCUT2D eigenvalue weighted by Gasteiger charge is -2.20. The van der Waals surface area contributed by atoms with Crippen LogP contribution in [0.4, 0.5) is 0 Å². The average Bonchev–Trinajstić information content (AvgIpc) is 3.23. The van der Waals surface area contributed by atoms with E-state index in [9.17, 15) is 16.8 Å². The minimum atomic E-state index is -4.18. The Morgan fingerprint density at radius 2 is 1.50 bits per heavy atom. The minimum Gasteiger partial charge on any atom is -0.423 e. The molecule has 3 aromatic rings. The van der Waals surface area contributed by atoms with Crippen molar-refractivity contribution in [3.05, 3.63) is 60.2 Å². The van der Waals surface area contributed by atoms with E-state index in [1.165, 1.54) is 12.1 Å². The fraction of sp³-hybridized carbons (Fsp3) is 0.318. The number of benzene rings is 2. The highest BCUT2D eigenvalue weighted by atomic mass is 32.2. The van der Waals surface area contributed by atoms with Crippen LogP contribution in [0.3, 0.4) is 0 Å². The van der Waals surface area contributed by atoms with Crippen LogP contribution in [0.25, 0.3) is 11.5 Å². The maximum Gasteiger partial charge on any atom is 0.258 e. The first-order valence-corrected chi connectivity index (χ1v) is 12.9. The van der Waals surface area contributed by atoms with Crippen molar-refractivity contribution in [2.24, 2.45) is 0 Å². The minimum absolute atomic E-state index is 0.0129. The highest BCUT2D eigenvalue weighted by Gasteiger charge is 2.40. The average molecular weight is 446 g/mol. The third kappa shape index (κ3) is 3.81. The zero-order valence-electron chi connectivity index (χ0n) is 16.6. The molecule has 0 unspecified atom stereocenters. The summed E-state index contributed by atoms with van der Waals surface area (Å²) in [6.45, 7) is 1.85. The zero-order chi connectivity index (χ0) is 21.4. The van der Waals surface area contributed by atoms with Crippen LogP contribution in [0.1, 0.15) is 37.7 Å². The molecular formula is C22H23NO5S2. The Bertz CT molecular complexity index is 1240. The van der Waals surface area contributed by atoms with E-state index in [0.717, 1.165) is 24.8 Å². The summed E-state index contributed by atoms with van der Waals surface area (Å²) in [6.07, 6.45) is 3.56. The topological polar surface area (TPSA) is 94.3 Å². The Labute approximate surface area is 176 Å². The molecule has 0 atom stereocenters. The third-order valence-electron chi connectivity index (χ3n) is 5.42. The van der Waals surface area contributed by atoms with Crippen LogP contribution in [0.15, 0.2) is 74.0 Å². The van der Waals surface area contributed by atoms with Gasteiger partial charge >= 0.3 is 0 Å². The van der Waals surface area contributed by atoms with Gasteiger partial charge in [-0.25, -0.2) is 16.8 Å². The van der Waals surface area contributed by atoms with E-state index in [4.69, 9.17) is 4.42 Å². The van der Waals surface area contributed by atoms with E-state index in [-0.39, 0.29) is 10.8 Å². The Hall–Kier alpha value is -2.45. The predicted octanol–water partition coefficient (Wildman–Crippen LogP) is 4.59. The van der Waals surface area contributed by atoms with Gasteiger partial charge in [0, 0.05) is 5.56 Å². The van der Waals surface area contributed by atoms with E-state index in [0.29, 0.717) is 18.4 Å². The highest BCUT2D eigenvalue weighted by molar-refractivity contribution is 7.94. The number of nitrogens with zero attached hydrogens (tertiary/aromatic N) is 1. The molecule has 0 bridgehead atoms. The molecular weight excluding hydrogens is 422 g/mol. The Morgan fingerprint density at radius 1 is 0.867 bits per heavy atom. The molecule has 1 fully saturated rings. The number of aromatic nitrogens is 1. The second kappa shape index (κ2) is 8.00. The SMILES string of the molecule is Cc1ccc(S(=O)(=O)c2nc(-c3ccccc3)oc2S(=O)(=O)C2CCCCC2)cc1. The molecule has 0 radical (unpaired) electrons. The quantitative estimate of drug-likeness (QED) is 0.570. The number of aryl methyl sites for hydroxylation is 1. The molecule has 8 heteroatoms. The molecule has 158 valence electrons. The monoisotopic (exact) mass is 445 g/mol. The van der Waals surface area contributed by atoms with Gasteiger partial charge in [0.25, 0.3) is 5.09 Å². The van der Waals surface area contributed by atoms with Crippen LogP contribution in [0, 0.1) is 6.92 Å². The standard InChI is InChI=1S/C22H23NO5S2/c1-16-12-14-19(15-13-16)29(24,25)21-22(30(26,27)18-10-6-3-7-11-18)28-20(23-21)17-8-4-2-5-9-17/h2,4-5,8-9,12-15,18H,3,6-7,10-11H2,1H3. The van der Waals surface area contributed by atoms with Crippen LogP contribution in [-0.2, 0) is 19.7 Å². The van der Waals surface area contributed by atoms with Crippen LogP contribution in [0.2, 0.25) is 0 Å². The predicted molar refractivity (Wildman–Crippen MR) is 113 cm³/mol. The number of sulfone groups is 2. The van der Waals surface area contributed by atoms with Gasteiger partial charge in [-0.1, -0.05) is 55.2 Å². The van der Waals surface area contributed by atoms with Gasteiger partial charge < -0.3 is 4.42 Å². The molecule has 0 spiro atoms. The summed E-state index contributed by atoms with van der Waals surface area (Å²) in [7, 11) is -8.17. The zero-order valence-corrected chi connectivity index (χ0v) is 18.2. The van der Waals surface area contributed by atoms with E-state index >= 15 is 0 Å². The summed E-state index contributed by atoms with van der Waals surface area (Å²) in [5, 5.41) is -1.74. The summed E-state index contributed by atoms with van der Waals surface area (Å²) in [5.74, 6) is -0.0179. The lowest BCUT2D eigenvalue weighted by molar-refractivity contribution is 0.425. The lowest BCUT2D eigenvalue weighted by Crippen LogP contribution is -2.25. The summed E-state index contributed by atoms with van der Waals surface area (Å²) < 4.78 is 59.2. The Balaban J connectivity index is 1.90. The fourth-order valence-corrected chi connectivity index (χ4v) is 7.30. The second-order valence-corrected chi connectivity index (χ2v) is 11.6. The first-order chi connectivity index (χ1) is 14.3. The first kappa shape index (κ1) is 20.8. The van der Waals surface area contributed by atoms with Gasteiger partial charge in [-0.05, 0) is 44.0 Å². The summed E-state index contributed by atoms with van der Waals surface area (Å²) >= 11 is 0. The number of hydrogen-bond acceptors (Lipinski definition) is 6. The first-order valence-electron chi connectivity index (χ1n) is 9.92. The number of hydrogen-bond donors (Lipinski definition) is 0. The summed E-state index contributed by atoms with van der Waals surface area (Å²) in [6, 6.07) is 15.0. The van der Waals surface area contributed by atoms with Crippen molar-refractivity contribution in [3.63, 3.8) is 0 Å². The third-order valence-corrected chi connectivity index (χ3v) is 9.37. The van der Waals surface area contributed by atoms with Crippen molar-refractivity contribution in [3.8, 4) is 11.5 Å². The highest BCUT2D eigenvalue weighted by Crippen LogP contribution is 2.36. The molecule has 0 aliphatic heterocycles. The molecule has 2 aromatic carbocycles. The van der Waals surface area contributed by atoms with Crippen LogP contribution in [-0.4, -0.2) is 27.1 Å². The van der Waals surface area contributed by atoms with Crippen molar-refractivity contribution >= 4 is 19.7 Å². The molecule has 30 heavy (non-hydrogen) atoms. The van der Waals surface area contributed by atoms with Gasteiger partial charge in [-0.2, -0.15) is 4.98 Å². The second-order valence-electron chi connectivity index (χ2n) is 7.60. The Kier molecular flexibility index (Phi) is 5.55. The molecule has 6 nitrogen and oxygen atoms in total. The number of oxazole rings is 1. The molecule has 4 rings (SSSR count). The van der Waals surface area contributed by atoms with E-state index in [1.807, 2.05) is 6.92 Å². The molecule has 1 heterocycles. The van der Waals surface area contributed by atoms with Gasteiger partial charge in [0.2, 0.25) is 30.6 Å². The van der Waals surface area contributed by atoms with E-state index in [2.05, 4.69) is 4.98 Å². The van der Waals surface area contributed by atoms with Gasteiger partial charge in [-0.15, -0.1) is 0 Å². The van der Waals surface area contributed by atoms with E-state index in [1.54, 1.807) is 42.5 Å². The van der Waals surface area contributed by atoms with Crippen LogP contribution >= 0.6 is 0 Å². The van der Waals surface area contributed by atoms with Crippen molar-refractivity contribution in [1.29, 1.82) is 0 Å². The van der Waals surface area contributed by atoms with Crippen LogP contribution < -0.4 is 0 Å². The smallest absolute Gasteiger partial charge is 0.258 e. The number of rotatable bonds is 5. The normalized spacial score (nSPS) is 15.9. The maximum atomic E-state index is 13.4. The van der Waals surface area contributed by atoms with Crippen molar-refractivity contribution in [1.82, 2.24) is 4.98 Å². The Morgan fingerprint density at radius 3 is 2.13 bits per heavy atom. The lowest BCUT2D eigenvalue weighted by atomic mass is 10.0. The van der Waals surface area contributed by atoms with Gasteiger partial charge in [0.1, 0.15) is 0 Å². The molecule has 1 aliphatic carbocycles. The molecule has 1 saturated carbocycles. The summed E-state index contributed by atoms with van der Waals surface area (Å²) in [4.78, 5) is 4.17. The molecule has 0 N–H and O–H groups in total.